The van der Waals surface area contributed by atoms with Crippen LogP contribution in [0.3, 0.4) is 0 Å². The maximum atomic E-state index is 13.6. The van der Waals surface area contributed by atoms with Crippen LogP contribution in [0, 0.1) is 12.7 Å². The lowest BCUT2D eigenvalue weighted by molar-refractivity contribution is 0.435. The van der Waals surface area contributed by atoms with E-state index in [2.05, 4.69) is 10.3 Å². The Bertz CT molecular complexity index is 543. The van der Waals surface area contributed by atoms with Gasteiger partial charge in [0.1, 0.15) is 5.75 Å². The maximum absolute atomic E-state index is 13.6. The number of rotatable bonds is 4. The molecule has 1 N–H and O–H groups in total. The number of benzene rings is 1. The van der Waals surface area contributed by atoms with E-state index in [9.17, 15) is 4.39 Å². The Balaban J connectivity index is 2.30. The summed E-state index contributed by atoms with van der Waals surface area (Å²) in [5.74, 6) is 0.482. The Hall–Kier alpha value is -1.94. The molecule has 4 heteroatoms. The van der Waals surface area contributed by atoms with E-state index in [0.717, 1.165) is 11.1 Å². The zero-order chi connectivity index (χ0) is 13.0. The smallest absolute Gasteiger partial charge is 0.165 e. The van der Waals surface area contributed by atoms with Gasteiger partial charge in [0.2, 0.25) is 0 Å². The van der Waals surface area contributed by atoms with Crippen molar-refractivity contribution in [2.24, 2.45) is 0 Å². The van der Waals surface area contributed by atoms with Crippen molar-refractivity contribution in [3.8, 4) is 11.5 Å². The summed E-state index contributed by atoms with van der Waals surface area (Å²) in [6.45, 7) is 2.52. The molecular formula is C14H15FN2O. The molecule has 0 spiro atoms. The van der Waals surface area contributed by atoms with Crippen LogP contribution in [-0.4, -0.2) is 12.0 Å². The van der Waals surface area contributed by atoms with Crippen LogP contribution in [0.25, 0.3) is 0 Å². The second-order valence-electron chi connectivity index (χ2n) is 4.05. The summed E-state index contributed by atoms with van der Waals surface area (Å²) >= 11 is 0. The van der Waals surface area contributed by atoms with Gasteiger partial charge in [0, 0.05) is 24.5 Å². The van der Waals surface area contributed by atoms with Gasteiger partial charge in [-0.05, 0) is 37.7 Å². The number of halogens is 1. The fraction of sp³-hybridized carbons (Fsp3) is 0.214. The molecule has 1 aromatic carbocycles. The molecule has 0 atom stereocenters. The van der Waals surface area contributed by atoms with Crippen molar-refractivity contribution >= 4 is 0 Å². The largest absolute Gasteiger partial charge is 0.454 e. The van der Waals surface area contributed by atoms with Crippen molar-refractivity contribution in [3.63, 3.8) is 0 Å². The number of hydrogen-bond acceptors (Lipinski definition) is 3. The van der Waals surface area contributed by atoms with Gasteiger partial charge in [0.15, 0.2) is 11.6 Å². The summed E-state index contributed by atoms with van der Waals surface area (Å²) in [6.07, 6.45) is 3.34. The SMILES string of the molecule is CNCc1cnccc1Oc1cc(C)ccc1F. The molecule has 18 heavy (non-hydrogen) atoms. The molecule has 1 aromatic heterocycles. The summed E-state index contributed by atoms with van der Waals surface area (Å²) in [4.78, 5) is 4.03. The normalized spacial score (nSPS) is 10.4. The number of aromatic nitrogens is 1. The Morgan fingerprint density at radius 1 is 1.28 bits per heavy atom. The fourth-order valence-electron chi connectivity index (χ4n) is 1.64. The van der Waals surface area contributed by atoms with Gasteiger partial charge in [0.05, 0.1) is 0 Å². The van der Waals surface area contributed by atoms with Crippen LogP contribution in [0.2, 0.25) is 0 Å². The van der Waals surface area contributed by atoms with E-state index in [1.807, 2.05) is 14.0 Å². The van der Waals surface area contributed by atoms with Crippen LogP contribution in [0.5, 0.6) is 11.5 Å². The van der Waals surface area contributed by atoms with Crippen molar-refractivity contribution in [1.82, 2.24) is 10.3 Å². The summed E-state index contributed by atoms with van der Waals surface area (Å²) in [5, 5.41) is 3.02. The van der Waals surface area contributed by atoms with Gasteiger partial charge in [-0.2, -0.15) is 0 Å². The van der Waals surface area contributed by atoms with E-state index < -0.39 is 0 Å². The first-order valence-corrected chi connectivity index (χ1v) is 5.72. The van der Waals surface area contributed by atoms with Crippen LogP contribution < -0.4 is 10.1 Å². The maximum Gasteiger partial charge on any atom is 0.165 e. The monoisotopic (exact) mass is 246 g/mol. The van der Waals surface area contributed by atoms with Crippen molar-refractivity contribution in [1.29, 1.82) is 0 Å². The predicted molar refractivity (Wildman–Crippen MR) is 68.2 cm³/mol. The standard InChI is InChI=1S/C14H15FN2O/c1-10-3-4-12(15)14(7-10)18-13-5-6-17-9-11(13)8-16-2/h3-7,9,16H,8H2,1-2H3. The Morgan fingerprint density at radius 3 is 2.89 bits per heavy atom. The van der Waals surface area contributed by atoms with Crippen molar-refractivity contribution in [3.05, 3.63) is 53.6 Å². The Kier molecular flexibility index (Phi) is 3.89. The van der Waals surface area contributed by atoms with E-state index >= 15 is 0 Å². The molecule has 0 saturated heterocycles. The molecule has 0 aliphatic carbocycles. The average Bonchev–Trinajstić information content (AvgIpc) is 2.36. The minimum absolute atomic E-state index is 0.235. The van der Waals surface area contributed by atoms with E-state index in [1.165, 1.54) is 6.07 Å². The molecule has 0 fully saturated rings. The van der Waals surface area contributed by atoms with Gasteiger partial charge < -0.3 is 10.1 Å². The molecule has 3 nitrogen and oxygen atoms in total. The number of aryl methyl sites for hydroxylation is 1. The molecule has 0 amide bonds. The first kappa shape index (κ1) is 12.5. The van der Waals surface area contributed by atoms with Crippen LogP contribution in [-0.2, 0) is 6.54 Å². The highest BCUT2D eigenvalue weighted by molar-refractivity contribution is 5.37. The average molecular weight is 246 g/mol. The van der Waals surface area contributed by atoms with Gasteiger partial charge in [-0.3, -0.25) is 4.98 Å². The first-order valence-electron chi connectivity index (χ1n) is 5.72. The number of nitrogens with one attached hydrogen (secondary N) is 1. The zero-order valence-corrected chi connectivity index (χ0v) is 10.4. The number of nitrogens with zero attached hydrogens (tertiary/aromatic N) is 1. The van der Waals surface area contributed by atoms with Gasteiger partial charge in [-0.1, -0.05) is 6.07 Å². The number of hydrogen-bond donors (Lipinski definition) is 1. The molecule has 0 radical (unpaired) electrons. The van der Waals surface area contributed by atoms with Crippen LogP contribution in [0.4, 0.5) is 4.39 Å². The second-order valence-corrected chi connectivity index (χ2v) is 4.05. The molecule has 2 rings (SSSR count). The van der Waals surface area contributed by atoms with E-state index in [4.69, 9.17) is 4.74 Å². The van der Waals surface area contributed by atoms with E-state index in [-0.39, 0.29) is 11.6 Å². The lowest BCUT2D eigenvalue weighted by Gasteiger charge is -2.11. The molecule has 0 aliphatic heterocycles. The lowest BCUT2D eigenvalue weighted by atomic mass is 10.2. The van der Waals surface area contributed by atoms with E-state index in [0.29, 0.717) is 12.3 Å². The minimum Gasteiger partial charge on any atom is -0.454 e. The van der Waals surface area contributed by atoms with Crippen LogP contribution in [0.1, 0.15) is 11.1 Å². The van der Waals surface area contributed by atoms with E-state index in [1.54, 1.807) is 30.6 Å². The first-order chi connectivity index (χ1) is 8.70. The second kappa shape index (κ2) is 5.60. The fourth-order valence-corrected chi connectivity index (χ4v) is 1.64. The van der Waals surface area contributed by atoms with Gasteiger partial charge in [-0.15, -0.1) is 0 Å². The highest BCUT2D eigenvalue weighted by Crippen LogP contribution is 2.27. The summed E-state index contributed by atoms with van der Waals surface area (Å²) in [5.41, 5.74) is 1.84. The zero-order valence-electron chi connectivity index (χ0n) is 10.4. The Labute approximate surface area is 106 Å². The molecule has 94 valence electrons. The highest BCUT2D eigenvalue weighted by atomic mass is 19.1. The molecule has 0 aliphatic rings. The molecule has 2 aromatic rings. The summed E-state index contributed by atoms with van der Waals surface area (Å²) in [7, 11) is 1.84. The summed E-state index contributed by atoms with van der Waals surface area (Å²) in [6, 6.07) is 6.53. The van der Waals surface area contributed by atoms with Crippen LogP contribution >= 0.6 is 0 Å². The predicted octanol–water partition coefficient (Wildman–Crippen LogP) is 3.04. The van der Waals surface area contributed by atoms with Crippen molar-refractivity contribution in [2.45, 2.75) is 13.5 Å². The Morgan fingerprint density at radius 2 is 2.11 bits per heavy atom. The summed E-state index contributed by atoms with van der Waals surface area (Å²) < 4.78 is 19.2. The quantitative estimate of drug-likeness (QED) is 0.900. The van der Waals surface area contributed by atoms with Crippen LogP contribution in [0.15, 0.2) is 36.7 Å². The third-order valence-corrected chi connectivity index (χ3v) is 2.53. The molecule has 0 saturated carbocycles. The third kappa shape index (κ3) is 2.84. The third-order valence-electron chi connectivity index (χ3n) is 2.53. The number of pyridine rings is 1. The number of ether oxygens (including phenoxy) is 1. The van der Waals surface area contributed by atoms with Gasteiger partial charge >= 0.3 is 0 Å². The molecule has 0 bridgehead atoms. The minimum atomic E-state index is -0.368. The molecular weight excluding hydrogens is 231 g/mol. The van der Waals surface area contributed by atoms with Gasteiger partial charge in [-0.25, -0.2) is 4.39 Å². The lowest BCUT2D eigenvalue weighted by Crippen LogP contribution is -2.06. The molecule has 0 unspecified atom stereocenters. The highest BCUT2D eigenvalue weighted by Gasteiger charge is 2.08. The topological polar surface area (TPSA) is 34.2 Å². The van der Waals surface area contributed by atoms with Crippen molar-refractivity contribution in [2.75, 3.05) is 7.05 Å². The van der Waals surface area contributed by atoms with Gasteiger partial charge in [0.25, 0.3) is 0 Å². The van der Waals surface area contributed by atoms with Crippen molar-refractivity contribution < 1.29 is 9.13 Å². The molecule has 1 heterocycles.